The first kappa shape index (κ1) is 21.5. The van der Waals surface area contributed by atoms with Crippen LogP contribution in [0.4, 0.5) is 0 Å². The molecule has 0 saturated carbocycles. The number of carbonyl (C=O) groups is 2. The molecule has 7 nitrogen and oxygen atoms in total. The highest BCUT2D eigenvalue weighted by Crippen LogP contribution is 2.21. The van der Waals surface area contributed by atoms with Crippen molar-refractivity contribution < 1.29 is 14.3 Å². The van der Waals surface area contributed by atoms with Crippen molar-refractivity contribution in [2.24, 2.45) is 0 Å². The Bertz CT molecular complexity index is 1040. The number of ether oxygens (including phenoxy) is 1. The van der Waals surface area contributed by atoms with Crippen molar-refractivity contribution in [3.05, 3.63) is 59.7 Å². The molecule has 3 aromatic rings. The summed E-state index contributed by atoms with van der Waals surface area (Å²) in [5.74, 6) is -0.796. The Hall–Kier alpha value is -3.22. The van der Waals surface area contributed by atoms with Crippen LogP contribution in [0.5, 0.6) is 0 Å². The van der Waals surface area contributed by atoms with Crippen molar-refractivity contribution >= 4 is 22.9 Å². The van der Waals surface area contributed by atoms with Gasteiger partial charge in [0.15, 0.2) is 6.10 Å². The van der Waals surface area contributed by atoms with Crippen LogP contribution in [0.1, 0.15) is 50.5 Å². The maximum atomic E-state index is 13.1. The minimum absolute atomic E-state index is 0.238. The molecule has 0 radical (unpaired) electrons. The van der Waals surface area contributed by atoms with Gasteiger partial charge in [-0.3, -0.25) is 4.79 Å². The molecule has 7 heteroatoms. The first-order valence-corrected chi connectivity index (χ1v) is 10.1. The lowest BCUT2D eigenvalue weighted by atomic mass is 10.0. The monoisotopic (exact) mass is 408 g/mol. The number of nitrogens with zero attached hydrogens (tertiary/aromatic N) is 4. The maximum absolute atomic E-state index is 13.1. The highest BCUT2D eigenvalue weighted by atomic mass is 16.5. The van der Waals surface area contributed by atoms with E-state index in [1.165, 1.54) is 0 Å². The molecule has 1 amide bonds. The van der Waals surface area contributed by atoms with E-state index < -0.39 is 17.6 Å². The first-order valence-electron chi connectivity index (χ1n) is 10.1. The van der Waals surface area contributed by atoms with E-state index in [9.17, 15) is 9.59 Å². The molecule has 0 aliphatic carbocycles. The van der Waals surface area contributed by atoms with E-state index in [-0.39, 0.29) is 5.91 Å². The van der Waals surface area contributed by atoms with Gasteiger partial charge in [0.1, 0.15) is 5.52 Å². The second-order valence-corrected chi connectivity index (χ2v) is 8.24. The van der Waals surface area contributed by atoms with Crippen molar-refractivity contribution in [1.29, 1.82) is 0 Å². The summed E-state index contributed by atoms with van der Waals surface area (Å²) in [4.78, 5) is 27.5. The lowest BCUT2D eigenvalue weighted by Crippen LogP contribution is -2.49. The molecule has 0 spiro atoms. The minimum Gasteiger partial charge on any atom is -0.449 e. The number of amides is 1. The fraction of sp³-hybridized carbons (Fsp3) is 0.391. The average molecular weight is 409 g/mol. The van der Waals surface area contributed by atoms with Crippen LogP contribution < -0.4 is 0 Å². The van der Waals surface area contributed by atoms with E-state index in [1.807, 2.05) is 58.0 Å². The Morgan fingerprint density at radius 2 is 1.83 bits per heavy atom. The molecule has 0 saturated heterocycles. The Labute approximate surface area is 176 Å². The van der Waals surface area contributed by atoms with Crippen molar-refractivity contribution in [3.8, 4) is 0 Å². The van der Waals surface area contributed by atoms with Gasteiger partial charge in [-0.15, -0.1) is 5.10 Å². The lowest BCUT2D eigenvalue weighted by Gasteiger charge is -2.37. The van der Waals surface area contributed by atoms with Gasteiger partial charge >= 0.3 is 5.97 Å². The number of benzene rings is 2. The van der Waals surface area contributed by atoms with Crippen LogP contribution >= 0.6 is 0 Å². The zero-order chi connectivity index (χ0) is 21.9. The third-order valence-corrected chi connectivity index (χ3v) is 4.94. The number of hydrogen-bond donors (Lipinski definition) is 0. The quantitative estimate of drug-likeness (QED) is 0.580. The Morgan fingerprint density at radius 3 is 2.47 bits per heavy atom. The minimum atomic E-state index is -0.914. The summed E-state index contributed by atoms with van der Waals surface area (Å²) in [6.45, 7) is 10.6. The molecular weight excluding hydrogens is 380 g/mol. The molecule has 0 N–H and O–H groups in total. The van der Waals surface area contributed by atoms with Gasteiger partial charge in [-0.1, -0.05) is 35.5 Å². The fourth-order valence-electron chi connectivity index (χ4n) is 3.24. The smallest absolute Gasteiger partial charge is 0.338 e. The standard InChI is InChI=1S/C23H28N4O3/c1-6-27-20-13-12-18(14-19(20)24-25-27)22(29)30-16(2)21(28)26(23(3,4)5)15-17-10-8-7-9-11-17/h7-14,16H,6,15H2,1-5H3/t16-/m0/s1. The fourth-order valence-corrected chi connectivity index (χ4v) is 3.24. The Morgan fingerprint density at radius 1 is 1.13 bits per heavy atom. The van der Waals surface area contributed by atoms with E-state index >= 15 is 0 Å². The van der Waals surface area contributed by atoms with Crippen LogP contribution in [0.25, 0.3) is 11.0 Å². The third kappa shape index (κ3) is 4.67. The third-order valence-electron chi connectivity index (χ3n) is 4.94. The summed E-state index contributed by atoms with van der Waals surface area (Å²) in [7, 11) is 0. The molecule has 0 aliphatic heterocycles. The topological polar surface area (TPSA) is 77.3 Å². The number of rotatable bonds is 6. The van der Waals surface area contributed by atoms with Crippen molar-refractivity contribution in [2.75, 3.05) is 0 Å². The van der Waals surface area contributed by atoms with Gasteiger partial charge in [0.2, 0.25) is 0 Å². The van der Waals surface area contributed by atoms with Gasteiger partial charge in [-0.05, 0) is 58.4 Å². The Kier molecular flexibility index (Phi) is 6.20. The molecule has 0 aliphatic rings. The predicted molar refractivity (Wildman–Crippen MR) is 115 cm³/mol. The number of fused-ring (bicyclic) bond motifs is 1. The van der Waals surface area contributed by atoms with Crippen LogP contribution in [0.3, 0.4) is 0 Å². The van der Waals surface area contributed by atoms with Gasteiger partial charge in [-0.25, -0.2) is 9.48 Å². The van der Waals surface area contributed by atoms with Crippen molar-refractivity contribution in [2.45, 2.75) is 59.4 Å². The SMILES string of the molecule is CCn1nnc2cc(C(=O)O[C@@H](C)C(=O)N(Cc3ccccc3)C(C)(C)C)ccc21. The Balaban J connectivity index is 1.74. The maximum Gasteiger partial charge on any atom is 0.338 e. The predicted octanol–water partition coefficient (Wildman–Crippen LogP) is 3.82. The average Bonchev–Trinajstić information content (AvgIpc) is 3.13. The summed E-state index contributed by atoms with van der Waals surface area (Å²) in [6, 6.07) is 14.9. The molecule has 0 fully saturated rings. The van der Waals surface area contributed by atoms with Crippen molar-refractivity contribution in [1.82, 2.24) is 19.9 Å². The molecule has 3 rings (SSSR count). The number of hydrogen-bond acceptors (Lipinski definition) is 5. The van der Waals surface area contributed by atoms with Gasteiger partial charge in [0.25, 0.3) is 5.91 Å². The van der Waals surface area contributed by atoms with Gasteiger partial charge in [-0.2, -0.15) is 0 Å². The summed E-state index contributed by atoms with van der Waals surface area (Å²) in [6.07, 6.45) is -0.914. The largest absolute Gasteiger partial charge is 0.449 e. The molecule has 1 heterocycles. The van der Waals surface area contributed by atoms with Crippen LogP contribution in [-0.2, 0) is 22.6 Å². The zero-order valence-corrected chi connectivity index (χ0v) is 18.1. The lowest BCUT2D eigenvalue weighted by molar-refractivity contribution is -0.145. The molecule has 0 unspecified atom stereocenters. The van der Waals surface area contributed by atoms with E-state index in [2.05, 4.69) is 10.3 Å². The molecular formula is C23H28N4O3. The summed E-state index contributed by atoms with van der Waals surface area (Å²) in [5.41, 5.74) is 2.40. The zero-order valence-electron chi connectivity index (χ0n) is 18.1. The first-order chi connectivity index (χ1) is 14.2. The highest BCUT2D eigenvalue weighted by Gasteiger charge is 2.32. The number of aromatic nitrogens is 3. The molecule has 1 atom stereocenters. The molecule has 0 bridgehead atoms. The second-order valence-electron chi connectivity index (χ2n) is 8.24. The van der Waals surface area contributed by atoms with Gasteiger partial charge < -0.3 is 9.64 Å². The number of aryl methyl sites for hydroxylation is 1. The van der Waals surface area contributed by atoms with Crippen LogP contribution in [-0.4, -0.2) is 43.4 Å². The van der Waals surface area contributed by atoms with Gasteiger partial charge in [0, 0.05) is 18.6 Å². The molecule has 1 aromatic heterocycles. The number of carbonyl (C=O) groups excluding carboxylic acids is 2. The normalized spacial score (nSPS) is 12.6. The van der Waals surface area contributed by atoms with Crippen LogP contribution in [0, 0.1) is 0 Å². The summed E-state index contributed by atoms with van der Waals surface area (Å²) >= 11 is 0. The van der Waals surface area contributed by atoms with Crippen LogP contribution in [0.15, 0.2) is 48.5 Å². The van der Waals surface area contributed by atoms with E-state index in [1.54, 1.807) is 34.7 Å². The summed E-state index contributed by atoms with van der Waals surface area (Å²) in [5, 5.41) is 8.13. The summed E-state index contributed by atoms with van der Waals surface area (Å²) < 4.78 is 7.26. The van der Waals surface area contributed by atoms with E-state index in [4.69, 9.17) is 4.74 Å². The molecule has 30 heavy (non-hydrogen) atoms. The molecule has 158 valence electrons. The van der Waals surface area contributed by atoms with E-state index in [0.29, 0.717) is 24.2 Å². The second kappa shape index (κ2) is 8.65. The van der Waals surface area contributed by atoms with E-state index in [0.717, 1.165) is 11.1 Å². The molecule has 2 aromatic carbocycles. The number of esters is 1. The van der Waals surface area contributed by atoms with Crippen LogP contribution in [0.2, 0.25) is 0 Å². The highest BCUT2D eigenvalue weighted by molar-refractivity contribution is 5.95. The van der Waals surface area contributed by atoms with Gasteiger partial charge in [0.05, 0.1) is 11.1 Å². The van der Waals surface area contributed by atoms with Crippen molar-refractivity contribution in [3.63, 3.8) is 0 Å².